The van der Waals surface area contributed by atoms with Gasteiger partial charge in [0.1, 0.15) is 0 Å². The molecule has 0 amide bonds. The molecule has 0 spiro atoms. The van der Waals surface area contributed by atoms with E-state index in [2.05, 4.69) is 0 Å². The molecular formula is C4H11N3. The van der Waals surface area contributed by atoms with Gasteiger partial charge in [0.05, 0.1) is 0 Å². The van der Waals surface area contributed by atoms with E-state index in [9.17, 15) is 0 Å². The number of nitrogens with zero attached hydrogens (tertiary/aromatic N) is 1. The highest BCUT2D eigenvalue weighted by atomic mass is 15.4. The van der Waals surface area contributed by atoms with E-state index < -0.39 is 0 Å². The molecule has 1 aliphatic heterocycles. The fourth-order valence-corrected chi connectivity index (χ4v) is 0.815. The first-order valence-electron chi connectivity index (χ1n) is 2.54. The first kappa shape index (κ1) is 5.03. The summed E-state index contributed by atoms with van der Waals surface area (Å²) in [5.74, 6) is 5.38. The maximum Gasteiger partial charge on any atom is 0.0281 e. The van der Waals surface area contributed by atoms with E-state index >= 15 is 0 Å². The van der Waals surface area contributed by atoms with Gasteiger partial charge in [0.25, 0.3) is 0 Å². The number of hydrogen-bond acceptors (Lipinski definition) is 3. The van der Waals surface area contributed by atoms with Crippen molar-refractivity contribution < 1.29 is 0 Å². The molecule has 1 fully saturated rings. The third-order valence-electron chi connectivity index (χ3n) is 1.26. The lowest BCUT2D eigenvalue weighted by molar-refractivity contribution is 0.350. The van der Waals surface area contributed by atoms with Gasteiger partial charge >= 0.3 is 0 Å². The van der Waals surface area contributed by atoms with Gasteiger partial charge in [0.2, 0.25) is 0 Å². The Labute approximate surface area is 43.2 Å². The van der Waals surface area contributed by atoms with E-state index in [1.54, 1.807) is 5.01 Å². The summed E-state index contributed by atoms with van der Waals surface area (Å²) >= 11 is 0. The van der Waals surface area contributed by atoms with Crippen LogP contribution in [-0.2, 0) is 0 Å². The molecule has 1 heterocycles. The zero-order valence-corrected chi connectivity index (χ0v) is 4.30. The van der Waals surface area contributed by atoms with Crippen molar-refractivity contribution in [3.63, 3.8) is 0 Å². The summed E-state index contributed by atoms with van der Waals surface area (Å²) in [6, 6.07) is 0.324. The first-order chi connectivity index (χ1) is 3.29. The molecule has 0 unspecified atom stereocenters. The van der Waals surface area contributed by atoms with Crippen LogP contribution in [0.4, 0.5) is 0 Å². The normalized spacial score (nSPS) is 34.3. The van der Waals surface area contributed by atoms with Gasteiger partial charge in [-0.05, 0) is 6.42 Å². The second-order valence-corrected chi connectivity index (χ2v) is 2.04. The fourth-order valence-electron chi connectivity index (χ4n) is 0.815. The third-order valence-corrected chi connectivity index (χ3v) is 1.26. The molecule has 4 N–H and O–H groups in total. The molecule has 0 aromatic rings. The van der Waals surface area contributed by atoms with Gasteiger partial charge in [-0.2, -0.15) is 0 Å². The highest BCUT2D eigenvalue weighted by Gasteiger charge is 2.14. The molecule has 0 aromatic heterocycles. The zero-order chi connectivity index (χ0) is 5.28. The van der Waals surface area contributed by atoms with Crippen molar-refractivity contribution in [2.24, 2.45) is 11.6 Å². The fraction of sp³-hybridized carbons (Fsp3) is 1.00. The molecule has 1 saturated heterocycles. The molecule has 3 heteroatoms. The highest BCUT2D eigenvalue weighted by Crippen LogP contribution is 1.99. The Balaban J connectivity index is 2.26. The van der Waals surface area contributed by atoms with Crippen LogP contribution in [0, 0.1) is 0 Å². The Morgan fingerprint density at radius 1 is 1.57 bits per heavy atom. The van der Waals surface area contributed by atoms with Crippen LogP contribution in [0.25, 0.3) is 0 Å². The zero-order valence-electron chi connectivity index (χ0n) is 4.30. The molecule has 1 aliphatic rings. The van der Waals surface area contributed by atoms with Gasteiger partial charge in [0.15, 0.2) is 0 Å². The van der Waals surface area contributed by atoms with Crippen molar-refractivity contribution in [2.45, 2.75) is 12.5 Å². The smallest absolute Gasteiger partial charge is 0.0281 e. The lowest BCUT2D eigenvalue weighted by Crippen LogP contribution is -2.31. The van der Waals surface area contributed by atoms with Gasteiger partial charge < -0.3 is 5.73 Å². The molecule has 1 atom stereocenters. The van der Waals surface area contributed by atoms with Crippen molar-refractivity contribution in [2.75, 3.05) is 13.1 Å². The number of nitrogens with two attached hydrogens (primary N) is 2. The van der Waals surface area contributed by atoms with E-state index in [4.69, 9.17) is 11.6 Å². The average Bonchev–Trinajstić information content (AvgIpc) is 1.87. The SMILES string of the molecule is N[C@H]1CCN(N)C1. The summed E-state index contributed by atoms with van der Waals surface area (Å²) in [5, 5.41) is 1.75. The van der Waals surface area contributed by atoms with Crippen molar-refractivity contribution >= 4 is 0 Å². The van der Waals surface area contributed by atoms with Crippen LogP contribution in [0.2, 0.25) is 0 Å². The summed E-state index contributed by atoms with van der Waals surface area (Å²) in [7, 11) is 0. The molecule has 7 heavy (non-hydrogen) atoms. The largest absolute Gasteiger partial charge is 0.326 e. The van der Waals surface area contributed by atoms with Crippen LogP contribution in [0.15, 0.2) is 0 Å². The average molecular weight is 101 g/mol. The van der Waals surface area contributed by atoms with Gasteiger partial charge in [-0.1, -0.05) is 0 Å². The second kappa shape index (κ2) is 1.78. The summed E-state index contributed by atoms with van der Waals surface area (Å²) in [5.41, 5.74) is 5.50. The van der Waals surface area contributed by atoms with E-state index in [0.29, 0.717) is 6.04 Å². The van der Waals surface area contributed by atoms with Crippen LogP contribution >= 0.6 is 0 Å². The summed E-state index contributed by atoms with van der Waals surface area (Å²) in [6.07, 6.45) is 1.05. The molecule has 42 valence electrons. The predicted molar refractivity (Wildman–Crippen MR) is 28.4 cm³/mol. The van der Waals surface area contributed by atoms with Crippen LogP contribution in [0.3, 0.4) is 0 Å². The van der Waals surface area contributed by atoms with E-state index in [0.717, 1.165) is 19.5 Å². The molecule has 0 bridgehead atoms. The molecule has 0 saturated carbocycles. The summed E-state index contributed by atoms with van der Waals surface area (Å²) < 4.78 is 0. The summed E-state index contributed by atoms with van der Waals surface area (Å²) in [6.45, 7) is 1.82. The van der Waals surface area contributed by atoms with Gasteiger partial charge in [0, 0.05) is 19.1 Å². The van der Waals surface area contributed by atoms with Crippen LogP contribution in [-0.4, -0.2) is 24.1 Å². The quantitative estimate of drug-likeness (QED) is 0.380. The number of rotatable bonds is 0. The van der Waals surface area contributed by atoms with Crippen molar-refractivity contribution in [1.29, 1.82) is 0 Å². The Morgan fingerprint density at radius 3 is 2.43 bits per heavy atom. The van der Waals surface area contributed by atoms with Crippen LogP contribution < -0.4 is 11.6 Å². The van der Waals surface area contributed by atoms with Crippen LogP contribution in [0.1, 0.15) is 6.42 Å². The standard InChI is InChI=1S/C4H11N3/c5-4-1-2-7(6)3-4/h4H,1-3,5-6H2/t4-/m0/s1. The molecule has 0 aliphatic carbocycles. The number of hydrazine groups is 1. The molecule has 3 nitrogen and oxygen atoms in total. The molecule has 1 rings (SSSR count). The van der Waals surface area contributed by atoms with Gasteiger partial charge in [-0.15, -0.1) is 0 Å². The highest BCUT2D eigenvalue weighted by molar-refractivity contribution is 4.73. The summed E-state index contributed by atoms with van der Waals surface area (Å²) in [4.78, 5) is 0. The van der Waals surface area contributed by atoms with E-state index in [1.807, 2.05) is 0 Å². The Hall–Kier alpha value is -0.120. The second-order valence-electron chi connectivity index (χ2n) is 2.04. The Morgan fingerprint density at radius 2 is 2.29 bits per heavy atom. The third kappa shape index (κ3) is 1.12. The minimum Gasteiger partial charge on any atom is -0.326 e. The number of hydrogen-bond donors (Lipinski definition) is 2. The minimum absolute atomic E-state index is 0.324. The van der Waals surface area contributed by atoms with E-state index in [1.165, 1.54) is 0 Å². The predicted octanol–water partition coefficient (Wildman–Crippen LogP) is -1.11. The first-order valence-corrected chi connectivity index (χ1v) is 2.54. The van der Waals surface area contributed by atoms with Gasteiger partial charge in [-0.25, -0.2) is 5.01 Å². The molecule has 0 radical (unpaired) electrons. The lowest BCUT2D eigenvalue weighted by atomic mass is 10.3. The monoisotopic (exact) mass is 101 g/mol. The Kier molecular flexibility index (Phi) is 1.27. The molecular weight excluding hydrogens is 90.1 g/mol. The van der Waals surface area contributed by atoms with Gasteiger partial charge in [-0.3, -0.25) is 5.84 Å². The lowest BCUT2D eigenvalue weighted by Gasteiger charge is -2.03. The minimum atomic E-state index is 0.324. The van der Waals surface area contributed by atoms with Crippen molar-refractivity contribution in [1.82, 2.24) is 5.01 Å². The van der Waals surface area contributed by atoms with E-state index in [-0.39, 0.29) is 0 Å². The topological polar surface area (TPSA) is 55.3 Å². The van der Waals surface area contributed by atoms with Crippen LogP contribution in [0.5, 0.6) is 0 Å². The maximum absolute atomic E-state index is 5.50. The maximum atomic E-state index is 5.50. The molecule has 0 aromatic carbocycles. The van der Waals surface area contributed by atoms with Crippen molar-refractivity contribution in [3.8, 4) is 0 Å². The Bertz CT molecular complexity index is 56.0. The van der Waals surface area contributed by atoms with Crippen molar-refractivity contribution in [3.05, 3.63) is 0 Å².